The zero-order chi connectivity index (χ0) is 13.8. The van der Waals surface area contributed by atoms with Crippen LogP contribution >= 0.6 is 27.3 Å². The largest absolute Gasteiger partial charge is 0.496 e. The molecule has 1 atom stereocenters. The number of carbonyl (C=O) groups is 1. The standard InChI is InChI=1S/C13H13BrN2O2S/c1-8(13-15-5-6-19-13)16-12(17)9-3-4-11(18-2)10(14)7-9/h3-8H,1-2H3,(H,16,17). The minimum atomic E-state index is -0.133. The molecule has 1 aromatic carbocycles. The highest BCUT2D eigenvalue weighted by molar-refractivity contribution is 9.10. The molecule has 0 saturated heterocycles. The number of ether oxygens (including phenoxy) is 1. The third-order valence-corrected chi connectivity index (χ3v) is 4.16. The van der Waals surface area contributed by atoms with E-state index in [1.165, 1.54) is 11.3 Å². The Labute approximate surface area is 124 Å². The summed E-state index contributed by atoms with van der Waals surface area (Å²) in [7, 11) is 1.59. The van der Waals surface area contributed by atoms with Gasteiger partial charge < -0.3 is 10.1 Å². The van der Waals surface area contributed by atoms with Gasteiger partial charge in [-0.1, -0.05) is 0 Å². The maximum Gasteiger partial charge on any atom is 0.251 e. The van der Waals surface area contributed by atoms with Crippen molar-refractivity contribution in [3.63, 3.8) is 0 Å². The number of rotatable bonds is 4. The van der Waals surface area contributed by atoms with Crippen LogP contribution in [0.3, 0.4) is 0 Å². The van der Waals surface area contributed by atoms with Gasteiger partial charge >= 0.3 is 0 Å². The van der Waals surface area contributed by atoms with Crippen LogP contribution < -0.4 is 10.1 Å². The van der Waals surface area contributed by atoms with E-state index in [4.69, 9.17) is 4.74 Å². The van der Waals surface area contributed by atoms with Crippen LogP contribution in [0.5, 0.6) is 5.75 Å². The first kappa shape index (κ1) is 14.0. The van der Waals surface area contributed by atoms with E-state index in [9.17, 15) is 4.79 Å². The molecule has 1 N–H and O–H groups in total. The Kier molecular flexibility index (Phi) is 4.55. The molecule has 19 heavy (non-hydrogen) atoms. The number of aromatic nitrogens is 1. The summed E-state index contributed by atoms with van der Waals surface area (Å²) in [6, 6.07) is 5.12. The average molecular weight is 341 g/mol. The fraction of sp³-hybridized carbons (Fsp3) is 0.231. The van der Waals surface area contributed by atoms with Crippen molar-refractivity contribution in [1.29, 1.82) is 0 Å². The smallest absolute Gasteiger partial charge is 0.251 e. The summed E-state index contributed by atoms with van der Waals surface area (Å²) in [5, 5.41) is 5.69. The molecule has 0 aliphatic carbocycles. The number of nitrogens with one attached hydrogen (secondary N) is 1. The number of thiazole rings is 1. The third kappa shape index (κ3) is 3.33. The van der Waals surface area contributed by atoms with Crippen molar-refractivity contribution in [2.75, 3.05) is 7.11 Å². The van der Waals surface area contributed by atoms with E-state index in [1.54, 1.807) is 31.5 Å². The summed E-state index contributed by atoms with van der Waals surface area (Å²) >= 11 is 4.89. The van der Waals surface area contributed by atoms with Crippen molar-refractivity contribution in [2.45, 2.75) is 13.0 Å². The van der Waals surface area contributed by atoms with E-state index < -0.39 is 0 Å². The number of halogens is 1. The summed E-state index contributed by atoms with van der Waals surface area (Å²) in [6.45, 7) is 1.91. The van der Waals surface area contributed by atoms with Gasteiger partial charge in [0.25, 0.3) is 5.91 Å². The number of hydrogen-bond donors (Lipinski definition) is 1. The van der Waals surface area contributed by atoms with Crippen LogP contribution in [0.15, 0.2) is 34.2 Å². The highest BCUT2D eigenvalue weighted by Gasteiger charge is 2.14. The van der Waals surface area contributed by atoms with Gasteiger partial charge in [0.2, 0.25) is 0 Å². The molecule has 4 nitrogen and oxygen atoms in total. The molecule has 0 aliphatic rings. The Hall–Kier alpha value is -1.40. The molecule has 2 rings (SSSR count). The van der Waals surface area contributed by atoms with Gasteiger partial charge in [-0.3, -0.25) is 4.79 Å². The van der Waals surface area contributed by atoms with E-state index >= 15 is 0 Å². The van der Waals surface area contributed by atoms with Gasteiger partial charge in [-0.05, 0) is 41.1 Å². The number of benzene rings is 1. The van der Waals surface area contributed by atoms with Gasteiger partial charge in [0.15, 0.2) is 0 Å². The maximum atomic E-state index is 12.1. The molecule has 2 aromatic rings. The van der Waals surface area contributed by atoms with Crippen molar-refractivity contribution in [3.8, 4) is 5.75 Å². The molecule has 1 aromatic heterocycles. The van der Waals surface area contributed by atoms with Gasteiger partial charge in [0.1, 0.15) is 10.8 Å². The molecule has 0 saturated carbocycles. The molecule has 6 heteroatoms. The van der Waals surface area contributed by atoms with Crippen LogP contribution in [0.2, 0.25) is 0 Å². The first-order valence-electron chi connectivity index (χ1n) is 5.65. The number of methoxy groups -OCH3 is 1. The quantitative estimate of drug-likeness (QED) is 0.927. The molecular weight excluding hydrogens is 328 g/mol. The van der Waals surface area contributed by atoms with Gasteiger partial charge in [-0.25, -0.2) is 4.98 Å². The Bertz CT molecular complexity index is 572. The highest BCUT2D eigenvalue weighted by Crippen LogP contribution is 2.25. The Morgan fingerprint density at radius 2 is 2.32 bits per heavy atom. The van der Waals surface area contributed by atoms with Crippen LogP contribution in [0.1, 0.15) is 28.3 Å². The van der Waals surface area contributed by atoms with Crippen molar-refractivity contribution in [1.82, 2.24) is 10.3 Å². The normalized spacial score (nSPS) is 11.9. The number of nitrogens with zero attached hydrogens (tertiary/aromatic N) is 1. The lowest BCUT2D eigenvalue weighted by molar-refractivity contribution is 0.0939. The lowest BCUT2D eigenvalue weighted by atomic mass is 10.2. The molecule has 1 heterocycles. The minimum absolute atomic E-state index is 0.103. The third-order valence-electron chi connectivity index (χ3n) is 2.58. The molecule has 0 spiro atoms. The molecule has 0 radical (unpaired) electrons. The van der Waals surface area contributed by atoms with E-state index in [2.05, 4.69) is 26.2 Å². The minimum Gasteiger partial charge on any atom is -0.496 e. The molecule has 1 amide bonds. The van der Waals surface area contributed by atoms with E-state index in [-0.39, 0.29) is 11.9 Å². The average Bonchev–Trinajstić information content (AvgIpc) is 2.92. The second-order valence-electron chi connectivity index (χ2n) is 3.91. The van der Waals surface area contributed by atoms with Gasteiger partial charge in [-0.15, -0.1) is 11.3 Å². The van der Waals surface area contributed by atoms with Crippen LogP contribution in [0.4, 0.5) is 0 Å². The topological polar surface area (TPSA) is 51.2 Å². The molecular formula is C13H13BrN2O2S. The lowest BCUT2D eigenvalue weighted by Gasteiger charge is -2.12. The second-order valence-corrected chi connectivity index (χ2v) is 5.70. The SMILES string of the molecule is COc1ccc(C(=O)NC(C)c2nccs2)cc1Br. The zero-order valence-corrected chi connectivity index (χ0v) is 12.9. The van der Waals surface area contributed by atoms with Crippen molar-refractivity contribution < 1.29 is 9.53 Å². The molecule has 0 fully saturated rings. The van der Waals surface area contributed by atoms with Gasteiger partial charge in [0, 0.05) is 17.1 Å². The zero-order valence-electron chi connectivity index (χ0n) is 10.5. The predicted octanol–water partition coefficient (Wildman–Crippen LogP) is 3.41. The summed E-state index contributed by atoms with van der Waals surface area (Å²) < 4.78 is 5.89. The Morgan fingerprint density at radius 3 is 2.89 bits per heavy atom. The lowest BCUT2D eigenvalue weighted by Crippen LogP contribution is -2.26. The van der Waals surface area contributed by atoms with Crippen LogP contribution in [-0.4, -0.2) is 18.0 Å². The molecule has 0 aliphatic heterocycles. The number of hydrogen-bond acceptors (Lipinski definition) is 4. The first-order valence-corrected chi connectivity index (χ1v) is 7.33. The monoisotopic (exact) mass is 340 g/mol. The van der Waals surface area contributed by atoms with E-state index in [1.807, 2.05) is 12.3 Å². The van der Waals surface area contributed by atoms with Crippen molar-refractivity contribution >= 4 is 33.2 Å². The first-order chi connectivity index (χ1) is 9.11. The molecule has 0 bridgehead atoms. The highest BCUT2D eigenvalue weighted by atomic mass is 79.9. The summed E-state index contributed by atoms with van der Waals surface area (Å²) in [5.74, 6) is 0.565. The second kappa shape index (κ2) is 6.16. The maximum absolute atomic E-state index is 12.1. The van der Waals surface area contributed by atoms with Crippen LogP contribution in [-0.2, 0) is 0 Å². The predicted molar refractivity (Wildman–Crippen MR) is 78.7 cm³/mol. The summed E-state index contributed by atoms with van der Waals surface area (Å²) in [5.41, 5.74) is 0.580. The Balaban J connectivity index is 2.10. The molecule has 100 valence electrons. The fourth-order valence-corrected chi connectivity index (χ4v) is 2.78. The summed E-state index contributed by atoms with van der Waals surface area (Å²) in [4.78, 5) is 16.3. The van der Waals surface area contributed by atoms with Crippen LogP contribution in [0.25, 0.3) is 0 Å². The number of carbonyl (C=O) groups excluding carboxylic acids is 1. The van der Waals surface area contributed by atoms with Crippen molar-refractivity contribution in [2.24, 2.45) is 0 Å². The van der Waals surface area contributed by atoms with Crippen molar-refractivity contribution in [3.05, 3.63) is 44.8 Å². The summed E-state index contributed by atoms with van der Waals surface area (Å²) in [6.07, 6.45) is 1.73. The van der Waals surface area contributed by atoms with Gasteiger partial charge in [-0.2, -0.15) is 0 Å². The van der Waals surface area contributed by atoms with Gasteiger partial charge in [0.05, 0.1) is 17.6 Å². The fourth-order valence-electron chi connectivity index (χ4n) is 1.60. The number of amides is 1. The van der Waals surface area contributed by atoms with E-state index in [0.29, 0.717) is 11.3 Å². The molecule has 1 unspecified atom stereocenters. The Morgan fingerprint density at radius 1 is 1.53 bits per heavy atom. The van der Waals surface area contributed by atoms with E-state index in [0.717, 1.165) is 9.48 Å². The van der Waals surface area contributed by atoms with Crippen LogP contribution in [0, 0.1) is 0 Å².